The van der Waals surface area contributed by atoms with Gasteiger partial charge in [-0.2, -0.15) is 5.26 Å². The van der Waals surface area contributed by atoms with Gasteiger partial charge in [0.15, 0.2) is 11.5 Å². The highest BCUT2D eigenvalue weighted by Gasteiger charge is 2.06. The quantitative estimate of drug-likeness (QED) is 0.622. The highest BCUT2D eigenvalue weighted by molar-refractivity contribution is 5.89. The molecule has 0 unspecified atom stereocenters. The van der Waals surface area contributed by atoms with Gasteiger partial charge in [0.2, 0.25) is 0 Å². The molecule has 0 N–H and O–H groups in total. The van der Waals surface area contributed by atoms with Gasteiger partial charge in [0, 0.05) is 0 Å². The third-order valence-electron chi connectivity index (χ3n) is 3.24. The number of nitriles is 1. The van der Waals surface area contributed by atoms with Crippen LogP contribution in [0.4, 0.5) is 0 Å². The Bertz CT molecular complexity index is 712. The monoisotopic (exact) mass is 295 g/mol. The summed E-state index contributed by atoms with van der Waals surface area (Å²) in [6.07, 6.45) is 1.81. The fourth-order valence-corrected chi connectivity index (χ4v) is 2.06. The van der Waals surface area contributed by atoms with Gasteiger partial charge in [-0.25, -0.2) is 0 Å². The van der Waals surface area contributed by atoms with Crippen molar-refractivity contribution in [1.29, 1.82) is 5.26 Å². The largest absolute Gasteiger partial charge is 0.497 e. The molecule has 0 bridgehead atoms. The lowest BCUT2D eigenvalue weighted by molar-refractivity contribution is 0.355. The van der Waals surface area contributed by atoms with E-state index in [-0.39, 0.29) is 0 Å². The Hall–Kier alpha value is -2.93. The maximum absolute atomic E-state index is 9.39. The van der Waals surface area contributed by atoms with Crippen LogP contribution in [-0.4, -0.2) is 21.3 Å². The molecular formula is C18H17NO3. The van der Waals surface area contributed by atoms with Crippen LogP contribution in [0.3, 0.4) is 0 Å². The van der Waals surface area contributed by atoms with E-state index >= 15 is 0 Å². The summed E-state index contributed by atoms with van der Waals surface area (Å²) in [6.45, 7) is 0. The van der Waals surface area contributed by atoms with Crippen molar-refractivity contribution < 1.29 is 14.2 Å². The standard InChI is InChI=1S/C18H17NO3/c1-20-16-7-5-14(6-8-16)15(12-19)10-13-4-9-17(21-2)18(11-13)22-3/h4-11H,1-3H3/b15-10+. The van der Waals surface area contributed by atoms with Crippen LogP contribution in [0.2, 0.25) is 0 Å². The minimum absolute atomic E-state index is 0.565. The zero-order valence-corrected chi connectivity index (χ0v) is 12.8. The van der Waals surface area contributed by atoms with Crippen molar-refractivity contribution in [3.8, 4) is 23.3 Å². The van der Waals surface area contributed by atoms with Crippen LogP contribution in [0, 0.1) is 11.3 Å². The van der Waals surface area contributed by atoms with Crippen LogP contribution >= 0.6 is 0 Å². The molecule has 4 nitrogen and oxygen atoms in total. The number of hydrogen-bond acceptors (Lipinski definition) is 4. The fraction of sp³-hybridized carbons (Fsp3) is 0.167. The first-order chi connectivity index (χ1) is 10.7. The number of methoxy groups -OCH3 is 3. The van der Waals surface area contributed by atoms with E-state index in [2.05, 4.69) is 6.07 Å². The Morgan fingerprint density at radius 3 is 2.14 bits per heavy atom. The van der Waals surface area contributed by atoms with Crippen LogP contribution < -0.4 is 14.2 Å². The molecule has 0 aliphatic heterocycles. The molecule has 0 aliphatic rings. The van der Waals surface area contributed by atoms with Crippen LogP contribution in [0.25, 0.3) is 11.6 Å². The van der Waals surface area contributed by atoms with E-state index in [1.54, 1.807) is 21.3 Å². The average molecular weight is 295 g/mol. The Labute approximate surface area is 130 Å². The van der Waals surface area contributed by atoms with Crippen molar-refractivity contribution in [2.24, 2.45) is 0 Å². The summed E-state index contributed by atoms with van der Waals surface area (Å²) in [5, 5.41) is 9.39. The molecule has 0 radical (unpaired) electrons. The highest BCUT2D eigenvalue weighted by atomic mass is 16.5. The first-order valence-corrected chi connectivity index (χ1v) is 6.70. The molecule has 0 saturated heterocycles. The topological polar surface area (TPSA) is 51.5 Å². The molecule has 0 spiro atoms. The molecule has 2 aromatic rings. The maximum Gasteiger partial charge on any atom is 0.161 e. The fourth-order valence-electron chi connectivity index (χ4n) is 2.06. The van der Waals surface area contributed by atoms with Gasteiger partial charge in [-0.1, -0.05) is 6.07 Å². The molecule has 112 valence electrons. The van der Waals surface area contributed by atoms with E-state index in [0.717, 1.165) is 16.9 Å². The van der Waals surface area contributed by atoms with E-state index in [0.29, 0.717) is 17.1 Å². The van der Waals surface area contributed by atoms with E-state index in [4.69, 9.17) is 14.2 Å². The summed E-state index contributed by atoms with van der Waals surface area (Å²) in [6, 6.07) is 15.1. The number of ether oxygens (including phenoxy) is 3. The second kappa shape index (κ2) is 7.19. The van der Waals surface area contributed by atoms with Gasteiger partial charge in [-0.15, -0.1) is 0 Å². The Kier molecular flexibility index (Phi) is 5.05. The Balaban J connectivity index is 2.38. The molecule has 0 amide bonds. The predicted molar refractivity (Wildman–Crippen MR) is 86.0 cm³/mol. The van der Waals surface area contributed by atoms with E-state index in [9.17, 15) is 5.26 Å². The van der Waals surface area contributed by atoms with Crippen molar-refractivity contribution >= 4 is 11.6 Å². The third-order valence-corrected chi connectivity index (χ3v) is 3.24. The Morgan fingerprint density at radius 1 is 0.909 bits per heavy atom. The van der Waals surface area contributed by atoms with Crippen LogP contribution in [0.5, 0.6) is 17.2 Å². The van der Waals surface area contributed by atoms with E-state index < -0.39 is 0 Å². The number of nitrogens with zero attached hydrogens (tertiary/aromatic N) is 1. The predicted octanol–water partition coefficient (Wildman–Crippen LogP) is 3.78. The second-order valence-corrected chi connectivity index (χ2v) is 4.51. The summed E-state index contributed by atoms with van der Waals surface area (Å²) in [5.41, 5.74) is 2.26. The summed E-state index contributed by atoms with van der Waals surface area (Å²) < 4.78 is 15.6. The van der Waals surface area contributed by atoms with E-state index in [1.807, 2.05) is 48.5 Å². The van der Waals surface area contributed by atoms with Crippen LogP contribution in [0.1, 0.15) is 11.1 Å². The molecule has 0 atom stereocenters. The third kappa shape index (κ3) is 3.39. The Morgan fingerprint density at radius 2 is 1.59 bits per heavy atom. The molecule has 0 aliphatic carbocycles. The SMILES string of the molecule is COc1ccc(/C(C#N)=C/c2ccc(OC)c(OC)c2)cc1. The van der Waals surface area contributed by atoms with E-state index in [1.165, 1.54) is 0 Å². The lowest BCUT2D eigenvalue weighted by Gasteiger charge is -2.08. The first kappa shape index (κ1) is 15.5. The summed E-state index contributed by atoms with van der Waals surface area (Å²) in [5.74, 6) is 2.04. The molecule has 0 aromatic heterocycles. The summed E-state index contributed by atoms with van der Waals surface area (Å²) in [7, 11) is 4.78. The maximum atomic E-state index is 9.39. The minimum atomic E-state index is 0.565. The normalized spacial score (nSPS) is 10.7. The van der Waals surface area contributed by atoms with Gasteiger partial charge >= 0.3 is 0 Å². The zero-order valence-electron chi connectivity index (χ0n) is 12.8. The van der Waals surface area contributed by atoms with Crippen molar-refractivity contribution in [1.82, 2.24) is 0 Å². The number of allylic oxidation sites excluding steroid dienone is 1. The average Bonchev–Trinajstić information content (AvgIpc) is 2.59. The minimum Gasteiger partial charge on any atom is -0.497 e. The van der Waals surface area contributed by atoms with Crippen molar-refractivity contribution in [3.05, 3.63) is 53.6 Å². The molecular weight excluding hydrogens is 278 g/mol. The van der Waals surface area contributed by atoms with Crippen LogP contribution in [-0.2, 0) is 0 Å². The lowest BCUT2D eigenvalue weighted by Crippen LogP contribution is -1.91. The molecule has 4 heteroatoms. The molecule has 0 saturated carbocycles. The number of benzene rings is 2. The van der Waals surface area contributed by atoms with Gasteiger partial charge in [-0.05, 0) is 53.6 Å². The molecule has 0 heterocycles. The van der Waals surface area contributed by atoms with Gasteiger partial charge < -0.3 is 14.2 Å². The van der Waals surface area contributed by atoms with Crippen molar-refractivity contribution in [3.63, 3.8) is 0 Å². The highest BCUT2D eigenvalue weighted by Crippen LogP contribution is 2.29. The molecule has 2 aromatic carbocycles. The summed E-state index contributed by atoms with van der Waals surface area (Å²) >= 11 is 0. The van der Waals surface area contributed by atoms with Gasteiger partial charge in [0.1, 0.15) is 5.75 Å². The first-order valence-electron chi connectivity index (χ1n) is 6.70. The second-order valence-electron chi connectivity index (χ2n) is 4.51. The zero-order chi connectivity index (χ0) is 15.9. The van der Waals surface area contributed by atoms with Gasteiger partial charge in [0.25, 0.3) is 0 Å². The lowest BCUT2D eigenvalue weighted by atomic mass is 10.0. The summed E-state index contributed by atoms with van der Waals surface area (Å²) in [4.78, 5) is 0. The van der Waals surface area contributed by atoms with Gasteiger partial charge in [-0.3, -0.25) is 0 Å². The number of rotatable bonds is 5. The molecule has 0 fully saturated rings. The van der Waals surface area contributed by atoms with Crippen molar-refractivity contribution in [2.75, 3.05) is 21.3 Å². The smallest absolute Gasteiger partial charge is 0.161 e. The van der Waals surface area contributed by atoms with Gasteiger partial charge in [0.05, 0.1) is 33.0 Å². The molecule has 2 rings (SSSR count). The van der Waals surface area contributed by atoms with Crippen molar-refractivity contribution in [2.45, 2.75) is 0 Å². The number of hydrogen-bond donors (Lipinski definition) is 0. The molecule has 22 heavy (non-hydrogen) atoms. The van der Waals surface area contributed by atoms with Crippen LogP contribution in [0.15, 0.2) is 42.5 Å².